The lowest BCUT2D eigenvalue weighted by Crippen LogP contribution is -2.30. The quantitative estimate of drug-likeness (QED) is 0.904. The Morgan fingerprint density at radius 2 is 2.08 bits per heavy atom. The average Bonchev–Trinajstić information content (AvgIpc) is 2.91. The Hall–Kier alpha value is -2.64. The molecule has 1 unspecified atom stereocenters. The number of alkyl halides is 3. The van der Waals surface area contributed by atoms with Crippen LogP contribution in [0.25, 0.3) is 0 Å². The lowest BCUT2D eigenvalue weighted by Gasteiger charge is -2.12. The van der Waals surface area contributed by atoms with Gasteiger partial charge in [-0.15, -0.1) is 0 Å². The Balaban J connectivity index is 1.88. The third kappa shape index (κ3) is 3.16. The van der Waals surface area contributed by atoms with Crippen LogP contribution < -0.4 is 10.9 Å². The number of carbonyl (C=O) groups is 1. The van der Waals surface area contributed by atoms with Gasteiger partial charge in [-0.3, -0.25) is 9.59 Å². The molecule has 2 heterocycles. The average molecular weight is 351 g/mol. The van der Waals surface area contributed by atoms with Gasteiger partial charge >= 0.3 is 6.18 Å². The summed E-state index contributed by atoms with van der Waals surface area (Å²) < 4.78 is 39.0. The van der Waals surface area contributed by atoms with E-state index in [-0.39, 0.29) is 17.2 Å². The van der Waals surface area contributed by atoms with Gasteiger partial charge in [0.1, 0.15) is 11.3 Å². The molecule has 5 nitrogen and oxygen atoms in total. The number of nitrogens with zero attached hydrogens (tertiary/aromatic N) is 2. The molecule has 1 amide bonds. The number of aromatic nitrogens is 2. The Morgan fingerprint density at radius 3 is 2.68 bits per heavy atom. The maximum Gasteiger partial charge on any atom is 0.433 e. The van der Waals surface area contributed by atoms with Crippen molar-refractivity contribution in [3.05, 3.63) is 57.3 Å². The molecule has 8 heteroatoms. The minimum Gasteiger partial charge on any atom is -0.320 e. The van der Waals surface area contributed by atoms with E-state index in [0.717, 1.165) is 42.4 Å². The smallest absolute Gasteiger partial charge is 0.320 e. The van der Waals surface area contributed by atoms with Crippen LogP contribution in [0, 0.1) is 0 Å². The highest BCUT2D eigenvalue weighted by atomic mass is 19.4. The molecule has 3 rings (SSSR count). The molecule has 1 N–H and O–H groups in total. The van der Waals surface area contributed by atoms with Gasteiger partial charge in [-0.2, -0.15) is 13.2 Å². The Bertz CT molecular complexity index is 886. The van der Waals surface area contributed by atoms with E-state index >= 15 is 0 Å². The molecular formula is C17H16F3N3O2. The maximum absolute atomic E-state index is 12.5. The van der Waals surface area contributed by atoms with Crippen molar-refractivity contribution in [2.45, 2.75) is 31.9 Å². The maximum atomic E-state index is 12.5. The lowest BCUT2D eigenvalue weighted by molar-refractivity contribution is -0.141. The number of carbonyl (C=O) groups excluding carboxylic acids is 1. The van der Waals surface area contributed by atoms with Gasteiger partial charge in [-0.1, -0.05) is 6.92 Å². The topological polar surface area (TPSA) is 64.0 Å². The zero-order valence-electron chi connectivity index (χ0n) is 13.6. The number of halogens is 3. The molecule has 132 valence electrons. The van der Waals surface area contributed by atoms with Crippen LogP contribution in [0.3, 0.4) is 0 Å². The molecule has 0 saturated heterocycles. The fourth-order valence-electron chi connectivity index (χ4n) is 3.04. The summed E-state index contributed by atoms with van der Waals surface area (Å²) in [7, 11) is 1.62. The van der Waals surface area contributed by atoms with Gasteiger partial charge in [0.05, 0.1) is 11.9 Å². The van der Waals surface area contributed by atoms with E-state index < -0.39 is 23.3 Å². The van der Waals surface area contributed by atoms with Crippen LogP contribution in [0.15, 0.2) is 29.2 Å². The second-order valence-electron chi connectivity index (χ2n) is 6.15. The number of hydrogen-bond donors (Lipinski definition) is 1. The standard InChI is InChI=1S/C17H16F3N3O2/c1-9-3-5-13-11(9)7-12(16(25)23(13)2)15(24)22-10-4-6-14(21-8-10)17(18,19)20/h4,6-9H,3,5H2,1-2H3,(H,22,24). The van der Waals surface area contributed by atoms with Crippen molar-refractivity contribution in [1.82, 2.24) is 9.55 Å². The first-order valence-electron chi connectivity index (χ1n) is 7.76. The number of hydrogen-bond acceptors (Lipinski definition) is 3. The van der Waals surface area contributed by atoms with E-state index in [1.807, 2.05) is 6.92 Å². The second-order valence-corrected chi connectivity index (χ2v) is 6.15. The summed E-state index contributed by atoms with van der Waals surface area (Å²) in [6.07, 6.45) is -1.93. The fourth-order valence-corrected chi connectivity index (χ4v) is 3.04. The van der Waals surface area contributed by atoms with Gasteiger partial charge < -0.3 is 9.88 Å². The summed E-state index contributed by atoms with van der Waals surface area (Å²) in [5.41, 5.74) is 0.463. The van der Waals surface area contributed by atoms with Gasteiger partial charge in [-0.25, -0.2) is 4.98 Å². The summed E-state index contributed by atoms with van der Waals surface area (Å²) in [6.45, 7) is 2.03. The van der Waals surface area contributed by atoms with Crippen molar-refractivity contribution in [1.29, 1.82) is 0 Å². The second kappa shape index (κ2) is 6.02. The van der Waals surface area contributed by atoms with Crippen molar-refractivity contribution in [2.24, 2.45) is 7.05 Å². The van der Waals surface area contributed by atoms with E-state index in [2.05, 4.69) is 10.3 Å². The molecule has 1 aliphatic rings. The van der Waals surface area contributed by atoms with Crippen molar-refractivity contribution < 1.29 is 18.0 Å². The number of amides is 1. The molecule has 0 aromatic carbocycles. The molecule has 0 radical (unpaired) electrons. The number of pyridine rings is 2. The molecule has 2 aromatic rings. The van der Waals surface area contributed by atoms with Gasteiger partial charge in [0, 0.05) is 12.7 Å². The zero-order chi connectivity index (χ0) is 18.4. The molecule has 0 spiro atoms. The molecule has 0 saturated carbocycles. The van der Waals surface area contributed by atoms with Gasteiger partial charge in [0.25, 0.3) is 11.5 Å². The molecular weight excluding hydrogens is 335 g/mol. The Morgan fingerprint density at radius 1 is 1.36 bits per heavy atom. The summed E-state index contributed by atoms with van der Waals surface area (Å²) >= 11 is 0. The number of anilines is 1. The number of rotatable bonds is 2. The van der Waals surface area contributed by atoms with Gasteiger partial charge in [-0.05, 0) is 42.5 Å². The molecule has 1 aliphatic carbocycles. The minimum atomic E-state index is -4.55. The highest BCUT2D eigenvalue weighted by molar-refractivity contribution is 6.04. The highest BCUT2D eigenvalue weighted by Crippen LogP contribution is 2.32. The van der Waals surface area contributed by atoms with Crippen LogP contribution >= 0.6 is 0 Å². The Labute approximate surface area is 141 Å². The first kappa shape index (κ1) is 17.2. The van der Waals surface area contributed by atoms with E-state index in [4.69, 9.17) is 0 Å². The van der Waals surface area contributed by atoms with Crippen LogP contribution in [0.1, 0.15) is 46.6 Å². The third-order valence-corrected chi connectivity index (χ3v) is 4.47. The number of fused-ring (bicyclic) bond motifs is 1. The third-order valence-electron chi connectivity index (χ3n) is 4.47. The van der Waals surface area contributed by atoms with Crippen molar-refractivity contribution in [3.63, 3.8) is 0 Å². The van der Waals surface area contributed by atoms with Crippen LogP contribution in [0.5, 0.6) is 0 Å². The highest BCUT2D eigenvalue weighted by Gasteiger charge is 2.32. The molecule has 25 heavy (non-hydrogen) atoms. The molecule has 0 fully saturated rings. The molecule has 1 atom stereocenters. The van der Waals surface area contributed by atoms with Crippen molar-refractivity contribution >= 4 is 11.6 Å². The predicted molar refractivity (Wildman–Crippen MR) is 85.6 cm³/mol. The van der Waals surface area contributed by atoms with E-state index in [1.165, 1.54) is 4.57 Å². The lowest BCUT2D eigenvalue weighted by atomic mass is 10.0. The Kier molecular flexibility index (Phi) is 4.14. The monoisotopic (exact) mass is 351 g/mol. The van der Waals surface area contributed by atoms with E-state index in [9.17, 15) is 22.8 Å². The molecule has 0 aliphatic heterocycles. The summed E-state index contributed by atoms with van der Waals surface area (Å²) in [5.74, 6) is -0.412. The SMILES string of the molecule is CC1CCc2c1cc(C(=O)Nc1ccc(C(F)(F)F)nc1)c(=O)n2C. The summed E-state index contributed by atoms with van der Waals surface area (Å²) in [4.78, 5) is 28.1. The van der Waals surface area contributed by atoms with Gasteiger partial charge in [0.2, 0.25) is 0 Å². The van der Waals surface area contributed by atoms with Crippen LogP contribution in [0.4, 0.5) is 18.9 Å². The normalized spacial score (nSPS) is 16.6. The minimum absolute atomic E-state index is 0.0325. The molecule has 2 aromatic heterocycles. The predicted octanol–water partition coefficient (Wildman–Crippen LogP) is 3.10. The summed E-state index contributed by atoms with van der Waals surface area (Å²) in [6, 6.07) is 3.47. The zero-order valence-corrected chi connectivity index (χ0v) is 13.6. The first-order valence-corrected chi connectivity index (χ1v) is 7.76. The molecule has 0 bridgehead atoms. The van der Waals surface area contributed by atoms with Crippen molar-refractivity contribution in [3.8, 4) is 0 Å². The first-order chi connectivity index (χ1) is 11.7. The van der Waals surface area contributed by atoms with Crippen molar-refractivity contribution in [2.75, 3.05) is 5.32 Å². The summed E-state index contributed by atoms with van der Waals surface area (Å²) in [5, 5.41) is 2.43. The number of nitrogens with one attached hydrogen (secondary N) is 1. The fraction of sp³-hybridized carbons (Fsp3) is 0.353. The van der Waals surface area contributed by atoms with Crippen LogP contribution in [0.2, 0.25) is 0 Å². The van der Waals surface area contributed by atoms with Gasteiger partial charge in [0.15, 0.2) is 0 Å². The van der Waals surface area contributed by atoms with E-state index in [1.54, 1.807) is 13.1 Å². The van der Waals surface area contributed by atoms with Crippen LogP contribution in [-0.2, 0) is 19.6 Å². The largest absolute Gasteiger partial charge is 0.433 e. The van der Waals surface area contributed by atoms with Crippen LogP contribution in [-0.4, -0.2) is 15.5 Å². The van der Waals surface area contributed by atoms with E-state index in [0.29, 0.717) is 0 Å².